The summed E-state index contributed by atoms with van der Waals surface area (Å²) in [5, 5.41) is 10.1. The Labute approximate surface area is 126 Å². The van der Waals surface area contributed by atoms with Crippen LogP contribution >= 0.6 is 11.8 Å². The van der Waals surface area contributed by atoms with Gasteiger partial charge in [0, 0.05) is 12.3 Å². The lowest BCUT2D eigenvalue weighted by atomic mass is 10.1. The van der Waals surface area contributed by atoms with Crippen LogP contribution in [0.3, 0.4) is 0 Å². The molecule has 2 rings (SSSR count). The molecule has 0 spiro atoms. The number of primary sulfonamides is 1. The van der Waals surface area contributed by atoms with Gasteiger partial charge in [0.25, 0.3) is 5.24 Å². The molecule has 114 valence electrons. The average Bonchev–Trinajstić information content (AvgIpc) is 2.85. The fourth-order valence-corrected chi connectivity index (χ4v) is 3.12. The molecule has 1 heterocycles. The van der Waals surface area contributed by atoms with Crippen LogP contribution in [0.1, 0.15) is 5.56 Å². The monoisotopic (exact) mass is 329 g/mol. The van der Waals surface area contributed by atoms with Crippen molar-refractivity contribution in [3.63, 3.8) is 0 Å². The molecule has 0 bridgehead atoms. The summed E-state index contributed by atoms with van der Waals surface area (Å²) in [6, 6.07) is 5.69. The molecule has 0 aromatic heterocycles. The van der Waals surface area contributed by atoms with Gasteiger partial charge in [0.2, 0.25) is 15.9 Å². The number of carbonyl (C=O) groups excluding carboxylic acids is 2. The van der Waals surface area contributed by atoms with Crippen LogP contribution in [0.4, 0.5) is 4.79 Å². The molecule has 2 amide bonds. The van der Waals surface area contributed by atoms with Crippen molar-refractivity contribution in [3.8, 4) is 0 Å². The molecular formula is C12H15N3O4S2. The standard InChI is InChI=1S/C12H15N3O4S2/c13-21(18,19)9-3-1-8(2-4-9)5-6-14-11(16)10-7-20-12(17)15-10/h1-4,10H,5-7H2,(H,14,16)(H,15,17)(H2,13,18,19). The first-order chi connectivity index (χ1) is 9.86. The third kappa shape index (κ3) is 4.45. The lowest BCUT2D eigenvalue weighted by Crippen LogP contribution is -2.43. The maximum atomic E-state index is 11.7. The minimum atomic E-state index is -3.68. The van der Waals surface area contributed by atoms with E-state index in [9.17, 15) is 18.0 Å². The van der Waals surface area contributed by atoms with E-state index in [0.29, 0.717) is 18.7 Å². The van der Waals surface area contributed by atoms with Gasteiger partial charge in [-0.1, -0.05) is 23.9 Å². The summed E-state index contributed by atoms with van der Waals surface area (Å²) in [6.07, 6.45) is 0.560. The zero-order valence-corrected chi connectivity index (χ0v) is 12.7. The van der Waals surface area contributed by atoms with E-state index < -0.39 is 16.1 Å². The summed E-state index contributed by atoms with van der Waals surface area (Å²) in [4.78, 5) is 22.8. The summed E-state index contributed by atoms with van der Waals surface area (Å²) >= 11 is 1.09. The number of sulfonamides is 1. The van der Waals surface area contributed by atoms with E-state index in [-0.39, 0.29) is 16.0 Å². The molecule has 7 nitrogen and oxygen atoms in total. The third-order valence-corrected chi connectivity index (χ3v) is 4.76. The predicted octanol–water partition coefficient (Wildman–Crippen LogP) is -0.182. The molecule has 0 saturated carbocycles. The van der Waals surface area contributed by atoms with Gasteiger partial charge in [0.15, 0.2) is 0 Å². The van der Waals surface area contributed by atoms with Crippen molar-refractivity contribution in [1.29, 1.82) is 0 Å². The number of benzene rings is 1. The van der Waals surface area contributed by atoms with Gasteiger partial charge < -0.3 is 10.6 Å². The molecule has 1 aliphatic rings. The second-order valence-corrected chi connectivity index (χ2v) is 7.08. The van der Waals surface area contributed by atoms with Gasteiger partial charge in [-0.2, -0.15) is 0 Å². The number of nitrogens with two attached hydrogens (primary N) is 1. The Morgan fingerprint density at radius 3 is 2.57 bits per heavy atom. The van der Waals surface area contributed by atoms with E-state index in [1.165, 1.54) is 12.1 Å². The van der Waals surface area contributed by atoms with Crippen LogP contribution in [0.25, 0.3) is 0 Å². The van der Waals surface area contributed by atoms with E-state index in [0.717, 1.165) is 17.3 Å². The first-order valence-corrected chi connectivity index (χ1v) is 8.72. The highest BCUT2D eigenvalue weighted by atomic mass is 32.2. The fourth-order valence-electron chi connectivity index (χ4n) is 1.82. The first-order valence-electron chi connectivity index (χ1n) is 6.19. The zero-order chi connectivity index (χ0) is 15.5. The fraction of sp³-hybridized carbons (Fsp3) is 0.333. The summed E-state index contributed by atoms with van der Waals surface area (Å²) < 4.78 is 22.2. The van der Waals surface area contributed by atoms with E-state index in [2.05, 4.69) is 10.6 Å². The van der Waals surface area contributed by atoms with Gasteiger partial charge in [-0.3, -0.25) is 9.59 Å². The van der Waals surface area contributed by atoms with E-state index in [4.69, 9.17) is 5.14 Å². The molecule has 21 heavy (non-hydrogen) atoms. The topological polar surface area (TPSA) is 118 Å². The van der Waals surface area contributed by atoms with Crippen LogP contribution in [0.2, 0.25) is 0 Å². The SMILES string of the molecule is NS(=O)(=O)c1ccc(CCNC(=O)C2CSC(=O)N2)cc1. The molecule has 9 heteroatoms. The molecule has 1 aromatic carbocycles. The number of hydrogen-bond acceptors (Lipinski definition) is 5. The van der Waals surface area contributed by atoms with E-state index in [1.807, 2.05) is 0 Å². The maximum Gasteiger partial charge on any atom is 0.279 e. The quantitative estimate of drug-likeness (QED) is 0.692. The summed E-state index contributed by atoms with van der Waals surface area (Å²) in [5.41, 5.74) is 0.882. The Kier molecular flexibility index (Phi) is 4.86. The van der Waals surface area contributed by atoms with Crippen molar-refractivity contribution in [2.24, 2.45) is 5.14 Å². The van der Waals surface area contributed by atoms with Crippen molar-refractivity contribution < 1.29 is 18.0 Å². The molecule has 0 radical (unpaired) electrons. The Morgan fingerprint density at radius 2 is 2.05 bits per heavy atom. The summed E-state index contributed by atoms with van der Waals surface area (Å²) in [6.45, 7) is 0.407. The second kappa shape index (κ2) is 6.46. The molecule has 1 saturated heterocycles. The van der Waals surface area contributed by atoms with Crippen molar-refractivity contribution in [1.82, 2.24) is 10.6 Å². The normalized spacial score (nSPS) is 18.3. The number of hydrogen-bond donors (Lipinski definition) is 3. The average molecular weight is 329 g/mol. The minimum Gasteiger partial charge on any atom is -0.354 e. The van der Waals surface area contributed by atoms with Crippen LogP contribution in [0.15, 0.2) is 29.2 Å². The lowest BCUT2D eigenvalue weighted by Gasteiger charge is -2.10. The first kappa shape index (κ1) is 15.8. The molecular weight excluding hydrogens is 314 g/mol. The highest BCUT2D eigenvalue weighted by Gasteiger charge is 2.27. The van der Waals surface area contributed by atoms with Crippen LogP contribution in [0, 0.1) is 0 Å². The maximum absolute atomic E-state index is 11.7. The Morgan fingerprint density at radius 1 is 1.38 bits per heavy atom. The van der Waals surface area contributed by atoms with Crippen molar-refractivity contribution >= 4 is 32.9 Å². The Bertz CT molecular complexity index is 643. The molecule has 0 aliphatic carbocycles. The number of nitrogens with one attached hydrogen (secondary N) is 2. The predicted molar refractivity (Wildman–Crippen MR) is 79.3 cm³/mol. The highest BCUT2D eigenvalue weighted by Crippen LogP contribution is 2.13. The second-order valence-electron chi connectivity index (χ2n) is 4.53. The van der Waals surface area contributed by atoms with Crippen LogP contribution < -0.4 is 15.8 Å². The van der Waals surface area contributed by atoms with Crippen LogP contribution in [-0.2, 0) is 21.2 Å². The number of amides is 2. The van der Waals surface area contributed by atoms with Crippen molar-refractivity contribution in [3.05, 3.63) is 29.8 Å². The van der Waals surface area contributed by atoms with Gasteiger partial charge in [0.05, 0.1) is 4.90 Å². The highest BCUT2D eigenvalue weighted by molar-refractivity contribution is 8.14. The zero-order valence-electron chi connectivity index (χ0n) is 11.0. The largest absolute Gasteiger partial charge is 0.354 e. The molecule has 1 aliphatic heterocycles. The lowest BCUT2D eigenvalue weighted by molar-refractivity contribution is -0.122. The molecule has 4 N–H and O–H groups in total. The Balaban J connectivity index is 1.81. The van der Waals surface area contributed by atoms with Crippen molar-refractivity contribution in [2.75, 3.05) is 12.3 Å². The van der Waals surface area contributed by atoms with Gasteiger partial charge in [-0.25, -0.2) is 13.6 Å². The molecule has 1 fully saturated rings. The van der Waals surface area contributed by atoms with Crippen LogP contribution in [-0.4, -0.2) is 37.9 Å². The minimum absolute atomic E-state index is 0.0565. The number of carbonyl (C=O) groups is 2. The van der Waals surface area contributed by atoms with Gasteiger partial charge >= 0.3 is 0 Å². The van der Waals surface area contributed by atoms with Gasteiger partial charge in [-0.05, 0) is 24.1 Å². The van der Waals surface area contributed by atoms with Gasteiger partial charge in [0.1, 0.15) is 6.04 Å². The smallest absolute Gasteiger partial charge is 0.279 e. The number of rotatable bonds is 5. The van der Waals surface area contributed by atoms with Crippen LogP contribution in [0.5, 0.6) is 0 Å². The summed E-state index contributed by atoms with van der Waals surface area (Å²) in [7, 11) is -3.68. The summed E-state index contributed by atoms with van der Waals surface area (Å²) in [5.74, 6) is 0.225. The Hall–Kier alpha value is -1.58. The van der Waals surface area contributed by atoms with E-state index in [1.54, 1.807) is 12.1 Å². The van der Waals surface area contributed by atoms with Gasteiger partial charge in [-0.15, -0.1) is 0 Å². The molecule has 1 aromatic rings. The number of thioether (sulfide) groups is 1. The molecule has 1 atom stereocenters. The van der Waals surface area contributed by atoms with Crippen molar-refractivity contribution in [2.45, 2.75) is 17.4 Å². The molecule has 1 unspecified atom stereocenters. The third-order valence-electron chi connectivity index (χ3n) is 2.95. The van der Waals surface area contributed by atoms with E-state index >= 15 is 0 Å².